The molecule has 0 aliphatic heterocycles. The SMILES string of the molecule is CC(C)c1cnc(NC(=O)Cc2csc(CCC(N)=O)n2)s1. The Morgan fingerprint density at radius 3 is 2.82 bits per heavy atom. The highest BCUT2D eigenvalue weighted by Gasteiger charge is 2.11. The van der Waals surface area contributed by atoms with Gasteiger partial charge in [0.15, 0.2) is 5.13 Å². The Hall–Kier alpha value is -1.80. The number of hydrogen-bond donors (Lipinski definition) is 2. The predicted octanol–water partition coefficient (Wildman–Crippen LogP) is 2.32. The first-order valence-electron chi connectivity index (χ1n) is 6.91. The monoisotopic (exact) mass is 338 g/mol. The van der Waals surface area contributed by atoms with E-state index in [2.05, 4.69) is 29.1 Å². The van der Waals surface area contributed by atoms with Gasteiger partial charge in [0.05, 0.1) is 17.1 Å². The van der Waals surface area contributed by atoms with Gasteiger partial charge in [-0.3, -0.25) is 9.59 Å². The second kappa shape index (κ2) is 7.46. The van der Waals surface area contributed by atoms with Gasteiger partial charge in [-0.05, 0) is 5.92 Å². The summed E-state index contributed by atoms with van der Waals surface area (Å²) in [5.41, 5.74) is 5.80. The average molecular weight is 338 g/mol. The maximum Gasteiger partial charge on any atom is 0.232 e. The number of rotatable bonds is 7. The fourth-order valence-corrected chi connectivity index (χ4v) is 3.35. The fourth-order valence-electron chi connectivity index (χ4n) is 1.71. The van der Waals surface area contributed by atoms with Gasteiger partial charge < -0.3 is 11.1 Å². The molecule has 2 rings (SSSR count). The average Bonchev–Trinajstić information content (AvgIpc) is 3.05. The molecule has 2 aromatic rings. The molecular weight excluding hydrogens is 320 g/mol. The van der Waals surface area contributed by atoms with Crippen LogP contribution in [-0.4, -0.2) is 21.8 Å². The Labute approximate surface area is 136 Å². The quantitative estimate of drug-likeness (QED) is 0.809. The number of nitrogens with two attached hydrogens (primary N) is 1. The first-order chi connectivity index (χ1) is 10.4. The van der Waals surface area contributed by atoms with Crippen molar-refractivity contribution >= 4 is 39.6 Å². The van der Waals surface area contributed by atoms with Crippen molar-refractivity contribution in [2.45, 2.75) is 39.0 Å². The minimum absolute atomic E-state index is 0.142. The van der Waals surface area contributed by atoms with Gasteiger partial charge >= 0.3 is 0 Å². The number of aromatic nitrogens is 2. The van der Waals surface area contributed by atoms with Crippen molar-refractivity contribution in [3.05, 3.63) is 27.2 Å². The predicted molar refractivity (Wildman–Crippen MR) is 88.2 cm³/mol. The lowest BCUT2D eigenvalue weighted by Crippen LogP contribution is -2.14. The lowest BCUT2D eigenvalue weighted by molar-refractivity contribution is -0.118. The summed E-state index contributed by atoms with van der Waals surface area (Å²) < 4.78 is 0. The molecule has 0 saturated carbocycles. The summed E-state index contributed by atoms with van der Waals surface area (Å²) in [5.74, 6) is -0.0925. The summed E-state index contributed by atoms with van der Waals surface area (Å²) in [6, 6.07) is 0. The van der Waals surface area contributed by atoms with Crippen LogP contribution in [0, 0.1) is 0 Å². The van der Waals surface area contributed by atoms with Crippen molar-refractivity contribution in [2.24, 2.45) is 5.73 Å². The molecule has 0 bridgehead atoms. The molecule has 2 amide bonds. The zero-order valence-electron chi connectivity index (χ0n) is 12.5. The van der Waals surface area contributed by atoms with Gasteiger partial charge in [-0.15, -0.1) is 22.7 Å². The maximum atomic E-state index is 12.0. The summed E-state index contributed by atoms with van der Waals surface area (Å²) in [6.45, 7) is 4.17. The van der Waals surface area contributed by atoms with E-state index in [1.165, 1.54) is 22.7 Å². The molecule has 8 heteroatoms. The van der Waals surface area contributed by atoms with E-state index in [0.29, 0.717) is 23.2 Å². The van der Waals surface area contributed by atoms with Crippen LogP contribution in [0.4, 0.5) is 5.13 Å². The molecule has 3 N–H and O–H groups in total. The molecule has 0 saturated heterocycles. The number of hydrogen-bond acceptors (Lipinski definition) is 6. The Morgan fingerprint density at radius 1 is 1.41 bits per heavy atom. The summed E-state index contributed by atoms with van der Waals surface area (Å²) in [7, 11) is 0. The number of nitrogens with one attached hydrogen (secondary N) is 1. The lowest BCUT2D eigenvalue weighted by atomic mass is 10.2. The van der Waals surface area contributed by atoms with Gasteiger partial charge in [0.2, 0.25) is 11.8 Å². The Balaban J connectivity index is 1.87. The summed E-state index contributed by atoms with van der Waals surface area (Å²) in [5, 5.41) is 6.04. The molecule has 0 unspecified atom stereocenters. The molecule has 0 aliphatic rings. The topological polar surface area (TPSA) is 98.0 Å². The van der Waals surface area contributed by atoms with Gasteiger partial charge in [0.1, 0.15) is 0 Å². The number of primary amides is 1. The molecular formula is C14H18N4O2S2. The van der Waals surface area contributed by atoms with E-state index in [9.17, 15) is 9.59 Å². The highest BCUT2D eigenvalue weighted by molar-refractivity contribution is 7.15. The first kappa shape index (κ1) is 16.6. The van der Waals surface area contributed by atoms with Gasteiger partial charge in [-0.25, -0.2) is 9.97 Å². The summed E-state index contributed by atoms with van der Waals surface area (Å²) in [4.78, 5) is 32.4. The van der Waals surface area contributed by atoms with Crippen molar-refractivity contribution in [2.75, 3.05) is 5.32 Å². The molecule has 6 nitrogen and oxygen atoms in total. The summed E-state index contributed by atoms with van der Waals surface area (Å²) in [6.07, 6.45) is 2.78. The fraction of sp³-hybridized carbons (Fsp3) is 0.429. The molecule has 0 radical (unpaired) electrons. The van der Waals surface area contributed by atoms with Crippen LogP contribution in [0.5, 0.6) is 0 Å². The van der Waals surface area contributed by atoms with Crippen molar-refractivity contribution in [1.82, 2.24) is 9.97 Å². The zero-order valence-corrected chi connectivity index (χ0v) is 14.1. The highest BCUT2D eigenvalue weighted by atomic mass is 32.1. The van der Waals surface area contributed by atoms with Gasteiger partial charge in [0, 0.05) is 29.3 Å². The van der Waals surface area contributed by atoms with E-state index >= 15 is 0 Å². The molecule has 118 valence electrons. The number of thiazole rings is 2. The lowest BCUT2D eigenvalue weighted by Gasteiger charge is -2.00. The van der Waals surface area contributed by atoms with E-state index in [1.54, 1.807) is 6.20 Å². The van der Waals surface area contributed by atoms with Crippen LogP contribution in [0.15, 0.2) is 11.6 Å². The number of carbonyl (C=O) groups excluding carboxylic acids is 2. The van der Waals surface area contributed by atoms with Crippen LogP contribution < -0.4 is 11.1 Å². The Bertz CT molecular complexity index is 663. The van der Waals surface area contributed by atoms with E-state index in [4.69, 9.17) is 5.73 Å². The van der Waals surface area contributed by atoms with Crippen LogP contribution in [-0.2, 0) is 22.4 Å². The number of anilines is 1. The van der Waals surface area contributed by atoms with Gasteiger partial charge in [-0.1, -0.05) is 13.8 Å². The molecule has 2 aromatic heterocycles. The molecule has 0 aromatic carbocycles. The molecule has 0 atom stereocenters. The van der Waals surface area contributed by atoms with Crippen LogP contribution in [0.2, 0.25) is 0 Å². The van der Waals surface area contributed by atoms with Crippen molar-refractivity contribution < 1.29 is 9.59 Å². The van der Waals surface area contributed by atoms with E-state index in [1.807, 2.05) is 5.38 Å². The maximum absolute atomic E-state index is 12.0. The number of nitrogens with zero attached hydrogens (tertiary/aromatic N) is 2. The smallest absolute Gasteiger partial charge is 0.232 e. The van der Waals surface area contributed by atoms with Crippen LogP contribution >= 0.6 is 22.7 Å². The van der Waals surface area contributed by atoms with Gasteiger partial charge in [-0.2, -0.15) is 0 Å². The third-order valence-electron chi connectivity index (χ3n) is 2.87. The number of amides is 2. The minimum Gasteiger partial charge on any atom is -0.370 e. The molecule has 22 heavy (non-hydrogen) atoms. The third kappa shape index (κ3) is 4.88. The molecule has 0 fully saturated rings. The normalized spacial score (nSPS) is 10.9. The minimum atomic E-state index is -0.348. The van der Waals surface area contributed by atoms with E-state index < -0.39 is 0 Å². The van der Waals surface area contributed by atoms with Crippen molar-refractivity contribution in [3.8, 4) is 0 Å². The first-order valence-corrected chi connectivity index (χ1v) is 8.61. The van der Waals surface area contributed by atoms with Crippen molar-refractivity contribution in [1.29, 1.82) is 0 Å². The largest absolute Gasteiger partial charge is 0.370 e. The standard InChI is InChI=1S/C14H18N4O2S2/c1-8(2)10-6-16-14(22-10)18-12(20)5-9-7-21-13(17-9)4-3-11(15)19/h6-8H,3-5H2,1-2H3,(H2,15,19)(H,16,18,20). The van der Waals surface area contributed by atoms with E-state index in [0.717, 1.165) is 9.88 Å². The molecule has 0 spiro atoms. The highest BCUT2D eigenvalue weighted by Crippen LogP contribution is 2.25. The van der Waals surface area contributed by atoms with Gasteiger partial charge in [0.25, 0.3) is 0 Å². The van der Waals surface area contributed by atoms with Crippen LogP contribution in [0.3, 0.4) is 0 Å². The van der Waals surface area contributed by atoms with E-state index in [-0.39, 0.29) is 24.7 Å². The van der Waals surface area contributed by atoms with Crippen LogP contribution in [0.1, 0.15) is 41.8 Å². The number of carbonyl (C=O) groups is 2. The Kier molecular flexibility index (Phi) is 5.62. The Morgan fingerprint density at radius 2 is 2.18 bits per heavy atom. The van der Waals surface area contributed by atoms with Crippen LogP contribution in [0.25, 0.3) is 0 Å². The molecule has 2 heterocycles. The third-order valence-corrected chi connectivity index (χ3v) is 5.04. The number of aryl methyl sites for hydroxylation is 1. The second-order valence-electron chi connectivity index (χ2n) is 5.15. The zero-order chi connectivity index (χ0) is 16.1. The molecule has 0 aliphatic carbocycles. The second-order valence-corrected chi connectivity index (χ2v) is 7.15. The summed E-state index contributed by atoms with van der Waals surface area (Å²) >= 11 is 2.92. The van der Waals surface area contributed by atoms with Crippen molar-refractivity contribution in [3.63, 3.8) is 0 Å².